The van der Waals surface area contributed by atoms with E-state index >= 15 is 0 Å². The number of hydrogen-bond acceptors (Lipinski definition) is 4. The molecule has 5 heteroatoms. The third kappa shape index (κ3) is 2.66. The van der Waals surface area contributed by atoms with Gasteiger partial charge in [0.25, 0.3) is 5.56 Å². The molecule has 2 aromatic rings. The van der Waals surface area contributed by atoms with Crippen LogP contribution in [0.15, 0.2) is 29.1 Å². The molecule has 0 N–H and O–H groups in total. The minimum absolute atomic E-state index is 0.0992. The SMILES string of the molecule is CCOC(=O)Cn1c(=O)c(C)cc2ccc(OC)cc21. The molecule has 2 rings (SSSR count). The van der Waals surface area contributed by atoms with Crippen LogP contribution >= 0.6 is 0 Å². The van der Waals surface area contributed by atoms with Crippen molar-refractivity contribution in [2.75, 3.05) is 13.7 Å². The molecular formula is C15H17NO4. The van der Waals surface area contributed by atoms with Gasteiger partial charge in [-0.15, -0.1) is 0 Å². The Kier molecular flexibility index (Phi) is 4.08. The second-order valence-electron chi connectivity index (χ2n) is 4.45. The van der Waals surface area contributed by atoms with Gasteiger partial charge < -0.3 is 9.47 Å². The molecule has 0 unspecified atom stereocenters. The summed E-state index contributed by atoms with van der Waals surface area (Å²) in [6, 6.07) is 7.23. The van der Waals surface area contributed by atoms with Gasteiger partial charge in [-0.2, -0.15) is 0 Å². The molecule has 0 amide bonds. The van der Waals surface area contributed by atoms with Crippen LogP contribution in [0.3, 0.4) is 0 Å². The van der Waals surface area contributed by atoms with Gasteiger partial charge in [-0.25, -0.2) is 0 Å². The van der Waals surface area contributed by atoms with Crippen LogP contribution < -0.4 is 10.3 Å². The second-order valence-corrected chi connectivity index (χ2v) is 4.45. The van der Waals surface area contributed by atoms with E-state index < -0.39 is 5.97 Å². The number of carbonyl (C=O) groups excluding carboxylic acids is 1. The Balaban J connectivity index is 2.62. The van der Waals surface area contributed by atoms with Gasteiger partial charge >= 0.3 is 5.97 Å². The first-order valence-corrected chi connectivity index (χ1v) is 6.40. The van der Waals surface area contributed by atoms with Crippen molar-refractivity contribution in [2.45, 2.75) is 20.4 Å². The molecule has 0 spiro atoms. The zero-order valence-corrected chi connectivity index (χ0v) is 11.8. The summed E-state index contributed by atoms with van der Waals surface area (Å²) >= 11 is 0. The number of aromatic nitrogens is 1. The number of methoxy groups -OCH3 is 1. The van der Waals surface area contributed by atoms with E-state index in [4.69, 9.17) is 9.47 Å². The van der Waals surface area contributed by atoms with Gasteiger partial charge in [0.1, 0.15) is 12.3 Å². The average Bonchev–Trinajstić information content (AvgIpc) is 2.44. The van der Waals surface area contributed by atoms with Crippen molar-refractivity contribution in [2.24, 2.45) is 0 Å². The minimum Gasteiger partial charge on any atom is -0.497 e. The third-order valence-corrected chi connectivity index (χ3v) is 3.08. The molecule has 106 valence electrons. The van der Waals surface area contributed by atoms with Crippen LogP contribution in [0.4, 0.5) is 0 Å². The zero-order chi connectivity index (χ0) is 14.7. The Morgan fingerprint density at radius 2 is 2.05 bits per heavy atom. The molecule has 0 saturated carbocycles. The lowest BCUT2D eigenvalue weighted by Crippen LogP contribution is -2.27. The van der Waals surface area contributed by atoms with Crippen molar-refractivity contribution in [3.05, 3.63) is 40.2 Å². The summed E-state index contributed by atoms with van der Waals surface area (Å²) in [5, 5.41) is 0.882. The summed E-state index contributed by atoms with van der Waals surface area (Å²) in [6.45, 7) is 3.66. The largest absolute Gasteiger partial charge is 0.497 e. The Labute approximate surface area is 116 Å². The van der Waals surface area contributed by atoms with Gasteiger partial charge in [0.2, 0.25) is 0 Å². The van der Waals surface area contributed by atoms with Gasteiger partial charge in [-0.1, -0.05) is 0 Å². The lowest BCUT2D eigenvalue weighted by Gasteiger charge is -2.12. The highest BCUT2D eigenvalue weighted by atomic mass is 16.5. The fourth-order valence-electron chi connectivity index (χ4n) is 2.12. The summed E-state index contributed by atoms with van der Waals surface area (Å²) in [5.41, 5.74) is 1.05. The molecule has 0 bridgehead atoms. The molecule has 0 saturated heterocycles. The van der Waals surface area contributed by atoms with Crippen molar-refractivity contribution in [1.82, 2.24) is 4.57 Å². The number of benzene rings is 1. The number of carbonyl (C=O) groups is 1. The number of esters is 1. The van der Waals surface area contributed by atoms with Crippen LogP contribution in [-0.4, -0.2) is 24.3 Å². The van der Waals surface area contributed by atoms with Gasteiger partial charge in [-0.05, 0) is 37.4 Å². The van der Waals surface area contributed by atoms with Crippen molar-refractivity contribution in [3.8, 4) is 5.75 Å². The molecule has 0 fully saturated rings. The van der Waals surface area contributed by atoms with Crippen LogP contribution in [0.5, 0.6) is 5.75 Å². The van der Waals surface area contributed by atoms with Crippen LogP contribution in [0.1, 0.15) is 12.5 Å². The summed E-state index contributed by atoms with van der Waals surface area (Å²) in [7, 11) is 1.56. The fraction of sp³-hybridized carbons (Fsp3) is 0.333. The first-order chi connectivity index (χ1) is 9.56. The predicted octanol–water partition coefficient (Wildman–Crippen LogP) is 1.88. The first-order valence-electron chi connectivity index (χ1n) is 6.40. The first kappa shape index (κ1) is 14.1. The van der Waals surface area contributed by atoms with E-state index in [-0.39, 0.29) is 12.1 Å². The second kappa shape index (κ2) is 5.77. The molecule has 0 aliphatic carbocycles. The third-order valence-electron chi connectivity index (χ3n) is 3.08. The maximum atomic E-state index is 12.2. The standard InChI is InChI=1S/C15H17NO4/c1-4-20-14(17)9-16-13-8-12(19-3)6-5-11(13)7-10(2)15(16)18/h5-8H,4,9H2,1-3H3. The Bertz CT molecular complexity index is 703. The number of pyridine rings is 1. The molecule has 20 heavy (non-hydrogen) atoms. The maximum Gasteiger partial charge on any atom is 0.326 e. The number of hydrogen-bond donors (Lipinski definition) is 0. The van der Waals surface area contributed by atoms with E-state index in [1.165, 1.54) is 4.57 Å². The topological polar surface area (TPSA) is 57.5 Å². The lowest BCUT2D eigenvalue weighted by molar-refractivity contribution is -0.143. The molecule has 0 aliphatic heterocycles. The maximum absolute atomic E-state index is 12.2. The minimum atomic E-state index is -0.427. The van der Waals surface area contributed by atoms with Crippen molar-refractivity contribution in [1.29, 1.82) is 0 Å². The number of rotatable bonds is 4. The van der Waals surface area contributed by atoms with Crippen molar-refractivity contribution >= 4 is 16.9 Å². The molecule has 1 heterocycles. The number of aryl methyl sites for hydroxylation is 1. The number of ether oxygens (including phenoxy) is 2. The van der Waals surface area contributed by atoms with E-state index in [0.29, 0.717) is 23.4 Å². The summed E-state index contributed by atoms with van der Waals surface area (Å²) in [6.07, 6.45) is 0. The van der Waals surface area contributed by atoms with E-state index in [0.717, 1.165) is 5.39 Å². The quantitative estimate of drug-likeness (QED) is 0.799. The Morgan fingerprint density at radius 3 is 2.70 bits per heavy atom. The van der Waals surface area contributed by atoms with Crippen LogP contribution in [-0.2, 0) is 16.1 Å². The monoisotopic (exact) mass is 275 g/mol. The van der Waals surface area contributed by atoms with E-state index in [1.807, 2.05) is 12.1 Å². The number of fused-ring (bicyclic) bond motifs is 1. The highest BCUT2D eigenvalue weighted by Gasteiger charge is 2.11. The van der Waals surface area contributed by atoms with Gasteiger partial charge in [0.05, 0.1) is 19.2 Å². The van der Waals surface area contributed by atoms with Gasteiger partial charge in [0.15, 0.2) is 0 Å². The van der Waals surface area contributed by atoms with Crippen molar-refractivity contribution < 1.29 is 14.3 Å². The average molecular weight is 275 g/mol. The lowest BCUT2D eigenvalue weighted by atomic mass is 10.1. The van der Waals surface area contributed by atoms with Crippen LogP contribution in [0.25, 0.3) is 10.9 Å². The molecule has 0 atom stereocenters. The predicted molar refractivity (Wildman–Crippen MR) is 76.1 cm³/mol. The molecule has 5 nitrogen and oxygen atoms in total. The normalized spacial score (nSPS) is 10.6. The Morgan fingerprint density at radius 1 is 1.30 bits per heavy atom. The van der Waals surface area contributed by atoms with Crippen LogP contribution in [0.2, 0.25) is 0 Å². The summed E-state index contributed by atoms with van der Waals surface area (Å²) in [4.78, 5) is 23.9. The zero-order valence-electron chi connectivity index (χ0n) is 11.8. The highest BCUT2D eigenvalue weighted by molar-refractivity contribution is 5.82. The van der Waals surface area contributed by atoms with Gasteiger partial charge in [-0.3, -0.25) is 14.2 Å². The molecule has 1 aromatic carbocycles. The smallest absolute Gasteiger partial charge is 0.326 e. The molecule has 0 radical (unpaired) electrons. The molecule has 1 aromatic heterocycles. The van der Waals surface area contributed by atoms with E-state index in [2.05, 4.69) is 0 Å². The summed E-state index contributed by atoms with van der Waals surface area (Å²) < 4.78 is 11.5. The fourth-order valence-corrected chi connectivity index (χ4v) is 2.12. The van der Waals surface area contributed by atoms with Gasteiger partial charge in [0, 0.05) is 11.6 Å². The van der Waals surface area contributed by atoms with E-state index in [1.54, 1.807) is 33.1 Å². The van der Waals surface area contributed by atoms with Crippen molar-refractivity contribution in [3.63, 3.8) is 0 Å². The Hall–Kier alpha value is -2.30. The highest BCUT2D eigenvalue weighted by Crippen LogP contribution is 2.20. The van der Waals surface area contributed by atoms with E-state index in [9.17, 15) is 9.59 Å². The number of nitrogens with zero attached hydrogens (tertiary/aromatic N) is 1. The molecule has 0 aliphatic rings. The summed E-state index contributed by atoms with van der Waals surface area (Å²) in [5.74, 6) is 0.211. The van der Waals surface area contributed by atoms with Crippen LogP contribution in [0, 0.1) is 6.92 Å². The molecular weight excluding hydrogens is 258 g/mol.